The van der Waals surface area contributed by atoms with Crippen molar-refractivity contribution < 1.29 is 4.79 Å². The van der Waals surface area contributed by atoms with E-state index in [1.165, 1.54) is 41.6 Å². The van der Waals surface area contributed by atoms with E-state index in [1.54, 1.807) is 0 Å². The van der Waals surface area contributed by atoms with Crippen LogP contribution in [-0.4, -0.2) is 5.91 Å². The minimum absolute atomic E-state index is 0.0235. The van der Waals surface area contributed by atoms with Gasteiger partial charge in [0.25, 0.3) is 5.91 Å². The molecule has 2 saturated carbocycles. The highest BCUT2D eigenvalue weighted by molar-refractivity contribution is 6.05. The van der Waals surface area contributed by atoms with Gasteiger partial charge in [-0.1, -0.05) is 48.0 Å². The smallest absolute Gasteiger partial charge is 0.255 e. The summed E-state index contributed by atoms with van der Waals surface area (Å²) in [6.45, 7) is 4.12. The Morgan fingerprint density at radius 1 is 0.938 bits per heavy atom. The lowest BCUT2D eigenvalue weighted by molar-refractivity contribution is 0.102. The Bertz CT molecular complexity index is 1190. The van der Waals surface area contributed by atoms with Crippen LogP contribution in [0.4, 0.5) is 11.4 Å². The number of hydrogen-bond donors (Lipinski definition) is 2. The molecule has 0 spiro atoms. The van der Waals surface area contributed by atoms with E-state index in [9.17, 15) is 4.79 Å². The van der Waals surface area contributed by atoms with E-state index in [-0.39, 0.29) is 5.91 Å². The summed E-state index contributed by atoms with van der Waals surface area (Å²) in [6, 6.07) is 23.7. The first-order valence-corrected chi connectivity index (χ1v) is 11.9. The van der Waals surface area contributed by atoms with Crippen molar-refractivity contribution >= 4 is 17.3 Å². The summed E-state index contributed by atoms with van der Waals surface area (Å²) >= 11 is 0. The maximum atomic E-state index is 13.1. The van der Waals surface area contributed by atoms with Crippen molar-refractivity contribution in [3.8, 4) is 0 Å². The first kappa shape index (κ1) is 19.6. The molecule has 0 aromatic heterocycles. The Hall–Kier alpha value is -3.07. The topological polar surface area (TPSA) is 41.1 Å². The lowest BCUT2D eigenvalue weighted by Gasteiger charge is -2.43. The molecule has 0 radical (unpaired) electrons. The normalized spacial score (nSPS) is 27.4. The van der Waals surface area contributed by atoms with Crippen LogP contribution in [0.15, 0.2) is 66.7 Å². The van der Waals surface area contributed by atoms with Crippen molar-refractivity contribution in [2.45, 2.75) is 45.1 Å². The Balaban J connectivity index is 1.34. The van der Waals surface area contributed by atoms with Crippen molar-refractivity contribution in [3.63, 3.8) is 0 Å². The van der Waals surface area contributed by atoms with Crippen molar-refractivity contribution in [1.82, 2.24) is 0 Å². The number of nitrogens with one attached hydrogen (secondary N) is 2. The fraction of sp³-hybridized carbons (Fsp3) is 0.345. The van der Waals surface area contributed by atoms with Gasteiger partial charge < -0.3 is 10.6 Å². The van der Waals surface area contributed by atoms with Gasteiger partial charge in [0.15, 0.2) is 0 Å². The fourth-order valence-electron chi connectivity index (χ4n) is 6.77. The van der Waals surface area contributed by atoms with Crippen molar-refractivity contribution in [2.24, 2.45) is 17.8 Å². The molecule has 1 aliphatic heterocycles. The largest absolute Gasteiger partial charge is 0.378 e. The Morgan fingerprint density at radius 3 is 2.56 bits per heavy atom. The molecular weight excluding hydrogens is 392 g/mol. The van der Waals surface area contributed by atoms with Gasteiger partial charge in [-0.25, -0.2) is 0 Å². The van der Waals surface area contributed by atoms with E-state index in [2.05, 4.69) is 66.1 Å². The molecular formula is C29H30N2O. The summed E-state index contributed by atoms with van der Waals surface area (Å²) in [5.74, 6) is 2.66. The summed E-state index contributed by atoms with van der Waals surface area (Å²) < 4.78 is 0. The van der Waals surface area contributed by atoms with Crippen molar-refractivity contribution in [1.29, 1.82) is 0 Å². The van der Waals surface area contributed by atoms with Gasteiger partial charge in [0, 0.05) is 16.9 Å². The summed E-state index contributed by atoms with van der Waals surface area (Å²) in [5, 5.41) is 7.00. The third-order valence-corrected chi connectivity index (χ3v) is 8.14. The second-order valence-corrected chi connectivity index (χ2v) is 10.0. The molecule has 1 amide bonds. The average molecular weight is 423 g/mol. The Kier molecular flexibility index (Phi) is 4.60. The molecule has 2 bridgehead atoms. The van der Waals surface area contributed by atoms with E-state index in [0.29, 0.717) is 17.9 Å². The molecule has 3 aromatic rings. The number of rotatable bonds is 3. The zero-order valence-electron chi connectivity index (χ0n) is 18.8. The number of carbonyl (C=O) groups excluding carboxylic acids is 1. The van der Waals surface area contributed by atoms with Crippen LogP contribution < -0.4 is 10.6 Å². The second-order valence-electron chi connectivity index (χ2n) is 10.0. The van der Waals surface area contributed by atoms with Crippen LogP contribution in [0.3, 0.4) is 0 Å². The molecule has 5 atom stereocenters. The molecule has 162 valence electrons. The zero-order valence-corrected chi connectivity index (χ0v) is 18.8. The molecule has 3 nitrogen and oxygen atoms in total. The fourth-order valence-corrected chi connectivity index (χ4v) is 6.77. The molecule has 2 fully saturated rings. The number of fused-ring (bicyclic) bond motifs is 7. The molecule has 3 aliphatic rings. The quantitative estimate of drug-likeness (QED) is 0.484. The number of anilines is 2. The lowest BCUT2D eigenvalue weighted by Crippen LogP contribution is -2.35. The number of hydrogen-bond acceptors (Lipinski definition) is 2. The zero-order chi connectivity index (χ0) is 21.8. The number of benzene rings is 3. The standard InChI is InChI=1S/C29H30N2O/c1-17-8-12-24(18(2)14-17)31-29(32)22-11-13-25-23(16-22)26-20-9-10-21(15-20)27(26)28(30-25)19-6-4-3-5-7-19/h3-8,11-14,16,20-21,26-28,30H,9-10,15H2,1-2H3,(H,31,32)/t20-,21-,26-,27-,28+/m0/s1. The van der Waals surface area contributed by atoms with E-state index < -0.39 is 0 Å². The van der Waals surface area contributed by atoms with E-state index in [0.717, 1.165) is 28.7 Å². The average Bonchev–Trinajstić information content (AvgIpc) is 3.43. The molecule has 2 N–H and O–H groups in total. The van der Waals surface area contributed by atoms with E-state index in [1.807, 2.05) is 25.1 Å². The molecule has 1 heterocycles. The summed E-state index contributed by atoms with van der Waals surface area (Å²) in [4.78, 5) is 13.1. The van der Waals surface area contributed by atoms with Gasteiger partial charge in [-0.15, -0.1) is 0 Å². The molecule has 6 rings (SSSR count). The predicted molar refractivity (Wildman–Crippen MR) is 130 cm³/mol. The first-order chi connectivity index (χ1) is 15.6. The van der Waals surface area contributed by atoms with Gasteiger partial charge >= 0.3 is 0 Å². The minimum atomic E-state index is -0.0235. The van der Waals surface area contributed by atoms with Gasteiger partial charge in [-0.05, 0) is 97.7 Å². The predicted octanol–water partition coefficient (Wildman–Crippen LogP) is 6.85. The van der Waals surface area contributed by atoms with Gasteiger partial charge in [0.2, 0.25) is 0 Å². The molecule has 2 aliphatic carbocycles. The summed E-state index contributed by atoms with van der Waals surface area (Å²) in [5.41, 5.74) is 7.88. The molecule has 0 saturated heterocycles. The van der Waals surface area contributed by atoms with Gasteiger partial charge in [-0.2, -0.15) is 0 Å². The second kappa shape index (κ2) is 7.51. The highest BCUT2D eigenvalue weighted by Gasteiger charge is 2.53. The van der Waals surface area contributed by atoms with Crippen LogP contribution >= 0.6 is 0 Å². The first-order valence-electron chi connectivity index (χ1n) is 11.9. The molecule has 3 heteroatoms. The number of aryl methyl sites for hydroxylation is 2. The molecule has 0 unspecified atom stereocenters. The van der Waals surface area contributed by atoms with Crippen molar-refractivity contribution in [2.75, 3.05) is 10.6 Å². The van der Waals surface area contributed by atoms with Crippen molar-refractivity contribution in [3.05, 3.63) is 94.5 Å². The number of carbonyl (C=O) groups is 1. The van der Waals surface area contributed by atoms with E-state index >= 15 is 0 Å². The van der Waals surface area contributed by atoms with Crippen LogP contribution in [0.25, 0.3) is 0 Å². The Labute approximate surface area is 190 Å². The van der Waals surface area contributed by atoms with Crippen LogP contribution in [0.2, 0.25) is 0 Å². The van der Waals surface area contributed by atoms with Gasteiger partial charge in [0.1, 0.15) is 0 Å². The van der Waals surface area contributed by atoms with Gasteiger partial charge in [-0.3, -0.25) is 4.79 Å². The van der Waals surface area contributed by atoms with Crippen LogP contribution in [0.1, 0.15) is 63.8 Å². The third kappa shape index (κ3) is 3.14. The molecule has 3 aromatic carbocycles. The molecule has 32 heavy (non-hydrogen) atoms. The summed E-state index contributed by atoms with van der Waals surface area (Å²) in [6.07, 6.45) is 4.00. The SMILES string of the molecule is Cc1ccc(NC(=O)c2ccc3c(c2)[C@@H]2[C@H]4CC[C@@H](C4)[C@@H]2[C@@H](c2ccccc2)N3)c(C)c1. The minimum Gasteiger partial charge on any atom is -0.378 e. The van der Waals surface area contributed by atoms with Gasteiger partial charge in [0.05, 0.1) is 6.04 Å². The van der Waals surface area contributed by atoms with Crippen LogP contribution in [0, 0.1) is 31.6 Å². The van der Waals surface area contributed by atoms with Crippen LogP contribution in [0.5, 0.6) is 0 Å². The van der Waals surface area contributed by atoms with E-state index in [4.69, 9.17) is 0 Å². The maximum absolute atomic E-state index is 13.1. The maximum Gasteiger partial charge on any atom is 0.255 e. The highest BCUT2D eigenvalue weighted by Crippen LogP contribution is 2.63. The highest BCUT2D eigenvalue weighted by atomic mass is 16.1. The third-order valence-electron chi connectivity index (χ3n) is 8.14. The Morgan fingerprint density at radius 2 is 1.75 bits per heavy atom. The number of amides is 1. The monoisotopic (exact) mass is 422 g/mol. The van der Waals surface area contributed by atoms with Crippen LogP contribution in [-0.2, 0) is 0 Å². The lowest BCUT2D eigenvalue weighted by atomic mass is 9.68. The summed E-state index contributed by atoms with van der Waals surface area (Å²) in [7, 11) is 0.